The summed E-state index contributed by atoms with van der Waals surface area (Å²) < 4.78 is 1.66. The summed E-state index contributed by atoms with van der Waals surface area (Å²) in [6, 6.07) is 1.73. The second kappa shape index (κ2) is 6.55. The highest BCUT2D eigenvalue weighted by Gasteiger charge is 2.18. The van der Waals surface area contributed by atoms with E-state index in [-0.39, 0.29) is 12.5 Å². The van der Waals surface area contributed by atoms with Crippen molar-refractivity contribution in [2.24, 2.45) is 13.0 Å². The van der Waals surface area contributed by atoms with Gasteiger partial charge in [0.1, 0.15) is 0 Å². The maximum Gasteiger partial charge on any atom is 0.308 e. The number of aliphatic carboxylic acids is 1. The van der Waals surface area contributed by atoms with E-state index >= 15 is 0 Å². The molecule has 0 aliphatic rings. The lowest BCUT2D eigenvalue weighted by molar-refractivity contribution is -0.141. The van der Waals surface area contributed by atoms with Crippen molar-refractivity contribution in [1.29, 1.82) is 0 Å². The molecule has 0 saturated heterocycles. The normalized spacial score (nSPS) is 12.3. The van der Waals surface area contributed by atoms with Crippen LogP contribution in [0.1, 0.15) is 35.8 Å². The molecule has 0 radical (unpaired) electrons. The van der Waals surface area contributed by atoms with Crippen LogP contribution in [0.15, 0.2) is 12.3 Å². The van der Waals surface area contributed by atoms with E-state index < -0.39 is 11.9 Å². The highest BCUT2D eigenvalue weighted by Crippen LogP contribution is 2.16. The molecule has 2 aromatic rings. The Morgan fingerprint density at radius 1 is 1.45 bits per heavy atom. The van der Waals surface area contributed by atoms with Crippen LogP contribution in [-0.2, 0) is 11.8 Å². The number of pyridine rings is 1. The van der Waals surface area contributed by atoms with Crippen molar-refractivity contribution in [2.75, 3.05) is 6.54 Å². The van der Waals surface area contributed by atoms with E-state index in [0.717, 1.165) is 17.5 Å². The molecule has 7 nitrogen and oxygen atoms in total. The number of aryl methyl sites for hydroxylation is 2. The SMILES string of the molecule is CCCC(CNC(=O)c1cnc2c(c1)c(C)nn2C)C(=O)O. The molecule has 1 amide bonds. The highest BCUT2D eigenvalue weighted by atomic mass is 16.4. The van der Waals surface area contributed by atoms with Crippen molar-refractivity contribution in [2.45, 2.75) is 26.7 Å². The molecule has 0 aromatic carbocycles. The second-order valence-electron chi connectivity index (χ2n) is 5.34. The van der Waals surface area contributed by atoms with Gasteiger partial charge in [-0.25, -0.2) is 4.98 Å². The summed E-state index contributed by atoms with van der Waals surface area (Å²) in [6.07, 6.45) is 2.78. The van der Waals surface area contributed by atoms with E-state index in [1.807, 2.05) is 13.8 Å². The molecule has 2 heterocycles. The molecule has 2 aromatic heterocycles. The molecule has 0 aliphatic carbocycles. The van der Waals surface area contributed by atoms with Gasteiger partial charge in [-0.05, 0) is 19.4 Å². The number of fused-ring (bicyclic) bond motifs is 1. The van der Waals surface area contributed by atoms with Gasteiger partial charge in [-0.3, -0.25) is 14.3 Å². The number of amides is 1. The lowest BCUT2D eigenvalue weighted by Crippen LogP contribution is -2.33. The van der Waals surface area contributed by atoms with E-state index in [4.69, 9.17) is 5.11 Å². The van der Waals surface area contributed by atoms with Crippen LogP contribution in [-0.4, -0.2) is 38.3 Å². The van der Waals surface area contributed by atoms with Gasteiger partial charge in [0.15, 0.2) is 5.65 Å². The second-order valence-corrected chi connectivity index (χ2v) is 5.34. The van der Waals surface area contributed by atoms with E-state index in [0.29, 0.717) is 17.6 Å². The topological polar surface area (TPSA) is 97.1 Å². The van der Waals surface area contributed by atoms with Crippen LogP contribution in [0.3, 0.4) is 0 Å². The quantitative estimate of drug-likeness (QED) is 0.843. The molecule has 0 fully saturated rings. The monoisotopic (exact) mass is 304 g/mol. The first-order chi connectivity index (χ1) is 10.4. The minimum absolute atomic E-state index is 0.117. The molecule has 2 rings (SSSR count). The number of aromatic nitrogens is 3. The molecule has 1 atom stereocenters. The zero-order valence-corrected chi connectivity index (χ0v) is 13.0. The fourth-order valence-electron chi connectivity index (χ4n) is 2.41. The molecule has 0 spiro atoms. The molecular weight excluding hydrogens is 284 g/mol. The first kappa shape index (κ1) is 15.9. The summed E-state index contributed by atoms with van der Waals surface area (Å²) in [7, 11) is 1.80. The lowest BCUT2D eigenvalue weighted by Gasteiger charge is -2.12. The molecule has 0 saturated carbocycles. The average Bonchev–Trinajstić information content (AvgIpc) is 2.77. The van der Waals surface area contributed by atoms with Crippen LogP contribution in [0.5, 0.6) is 0 Å². The van der Waals surface area contributed by atoms with Gasteiger partial charge in [0, 0.05) is 25.2 Å². The molecule has 2 N–H and O–H groups in total. The van der Waals surface area contributed by atoms with Crippen LogP contribution < -0.4 is 5.32 Å². The van der Waals surface area contributed by atoms with E-state index in [1.165, 1.54) is 6.20 Å². The summed E-state index contributed by atoms with van der Waals surface area (Å²) in [5, 5.41) is 16.8. The van der Waals surface area contributed by atoms with Gasteiger partial charge in [-0.15, -0.1) is 0 Å². The number of nitrogens with zero attached hydrogens (tertiary/aromatic N) is 3. The van der Waals surface area contributed by atoms with Crippen LogP contribution in [0, 0.1) is 12.8 Å². The number of nitrogens with one attached hydrogen (secondary N) is 1. The van der Waals surface area contributed by atoms with Crippen molar-refractivity contribution < 1.29 is 14.7 Å². The third-order valence-electron chi connectivity index (χ3n) is 3.62. The first-order valence-electron chi connectivity index (χ1n) is 7.24. The van der Waals surface area contributed by atoms with Crippen molar-refractivity contribution >= 4 is 22.9 Å². The maximum atomic E-state index is 12.2. The summed E-state index contributed by atoms with van der Waals surface area (Å²) in [4.78, 5) is 27.5. The third-order valence-corrected chi connectivity index (χ3v) is 3.62. The molecule has 22 heavy (non-hydrogen) atoms. The summed E-state index contributed by atoms with van der Waals surface area (Å²) in [5.74, 6) is -1.77. The standard InChI is InChI=1S/C15H20N4O3/c1-4-5-10(15(21)22)7-17-14(20)11-6-12-9(2)18-19(3)13(12)16-8-11/h6,8,10H,4-5,7H2,1-3H3,(H,17,20)(H,21,22). The minimum atomic E-state index is -0.890. The van der Waals surface area contributed by atoms with E-state index in [2.05, 4.69) is 15.4 Å². The largest absolute Gasteiger partial charge is 0.481 e. The Morgan fingerprint density at radius 3 is 2.82 bits per heavy atom. The van der Waals surface area contributed by atoms with Gasteiger partial charge in [-0.2, -0.15) is 5.10 Å². The Labute approximate surface area is 128 Å². The number of rotatable bonds is 6. The van der Waals surface area contributed by atoms with E-state index in [9.17, 15) is 9.59 Å². The molecule has 118 valence electrons. The van der Waals surface area contributed by atoms with Crippen molar-refractivity contribution in [3.05, 3.63) is 23.5 Å². The molecule has 1 unspecified atom stereocenters. The molecule has 0 aliphatic heterocycles. The van der Waals surface area contributed by atoms with Crippen LogP contribution in [0.4, 0.5) is 0 Å². The summed E-state index contributed by atoms with van der Waals surface area (Å²) in [5.41, 5.74) is 1.92. The number of carbonyl (C=O) groups excluding carboxylic acids is 1. The fraction of sp³-hybridized carbons (Fsp3) is 0.467. The molecule has 7 heteroatoms. The van der Waals surface area contributed by atoms with Crippen LogP contribution in [0.25, 0.3) is 11.0 Å². The lowest BCUT2D eigenvalue weighted by atomic mass is 10.0. The highest BCUT2D eigenvalue weighted by molar-refractivity contribution is 5.97. The van der Waals surface area contributed by atoms with Crippen molar-refractivity contribution in [1.82, 2.24) is 20.1 Å². The molecule has 0 bridgehead atoms. The smallest absolute Gasteiger partial charge is 0.308 e. The van der Waals surface area contributed by atoms with Crippen molar-refractivity contribution in [3.8, 4) is 0 Å². The van der Waals surface area contributed by atoms with Gasteiger partial charge in [-0.1, -0.05) is 13.3 Å². The first-order valence-corrected chi connectivity index (χ1v) is 7.24. The number of carbonyl (C=O) groups is 2. The Balaban J connectivity index is 2.12. The fourth-order valence-corrected chi connectivity index (χ4v) is 2.41. The Bertz CT molecular complexity index is 708. The summed E-state index contributed by atoms with van der Waals surface area (Å²) >= 11 is 0. The van der Waals surface area contributed by atoms with Gasteiger partial charge in [0.2, 0.25) is 0 Å². The Kier molecular flexibility index (Phi) is 4.75. The number of hydrogen-bond donors (Lipinski definition) is 2. The number of carboxylic acids is 1. The minimum Gasteiger partial charge on any atom is -0.481 e. The Hall–Kier alpha value is -2.44. The average molecular weight is 304 g/mol. The van der Waals surface area contributed by atoms with Crippen molar-refractivity contribution in [3.63, 3.8) is 0 Å². The van der Waals surface area contributed by atoms with Gasteiger partial charge in [0.25, 0.3) is 5.91 Å². The van der Waals surface area contributed by atoms with Gasteiger partial charge >= 0.3 is 5.97 Å². The van der Waals surface area contributed by atoms with E-state index in [1.54, 1.807) is 17.8 Å². The maximum absolute atomic E-state index is 12.2. The Morgan fingerprint density at radius 2 is 2.18 bits per heavy atom. The zero-order valence-electron chi connectivity index (χ0n) is 13.0. The van der Waals surface area contributed by atoms with Gasteiger partial charge in [0.05, 0.1) is 17.2 Å². The molecular formula is C15H20N4O3. The van der Waals surface area contributed by atoms with Gasteiger partial charge < -0.3 is 10.4 Å². The number of hydrogen-bond acceptors (Lipinski definition) is 4. The predicted molar refractivity (Wildman–Crippen MR) is 81.6 cm³/mol. The third kappa shape index (κ3) is 3.24. The number of carboxylic acid groups (broad SMARTS) is 1. The van der Waals surface area contributed by atoms with Crippen LogP contribution >= 0.6 is 0 Å². The van der Waals surface area contributed by atoms with Crippen LogP contribution in [0.2, 0.25) is 0 Å². The summed E-state index contributed by atoms with van der Waals surface area (Å²) in [6.45, 7) is 3.89. The predicted octanol–water partition coefficient (Wildman–Crippen LogP) is 1.51. The zero-order chi connectivity index (χ0) is 16.3.